The molecule has 4 rings (SSSR count). The summed E-state index contributed by atoms with van der Waals surface area (Å²) in [6.45, 7) is 2.79. The summed E-state index contributed by atoms with van der Waals surface area (Å²) in [5.74, 6) is 1.53. The van der Waals surface area contributed by atoms with Crippen molar-refractivity contribution in [2.24, 2.45) is 0 Å². The van der Waals surface area contributed by atoms with E-state index >= 15 is 0 Å². The number of hydrogen-bond donors (Lipinski definition) is 1. The van der Waals surface area contributed by atoms with Gasteiger partial charge >= 0.3 is 0 Å². The molecule has 0 radical (unpaired) electrons. The van der Waals surface area contributed by atoms with Crippen molar-refractivity contribution in [1.29, 1.82) is 0 Å². The number of rotatable bonds is 3. The zero-order chi connectivity index (χ0) is 16.4. The van der Waals surface area contributed by atoms with Gasteiger partial charge in [-0.3, -0.25) is 9.78 Å². The van der Waals surface area contributed by atoms with Gasteiger partial charge in [0.05, 0.1) is 17.4 Å². The van der Waals surface area contributed by atoms with Gasteiger partial charge in [-0.05, 0) is 31.0 Å². The second-order valence-corrected chi connectivity index (χ2v) is 5.95. The number of hydrogen-bond acceptors (Lipinski definition) is 5. The first-order valence-electron chi connectivity index (χ1n) is 8.20. The van der Waals surface area contributed by atoms with Crippen molar-refractivity contribution in [2.75, 3.05) is 31.6 Å². The van der Waals surface area contributed by atoms with Gasteiger partial charge in [-0.15, -0.1) is 0 Å². The molecule has 1 fully saturated rings. The van der Waals surface area contributed by atoms with Crippen LogP contribution in [0.3, 0.4) is 0 Å². The Labute approximate surface area is 140 Å². The van der Waals surface area contributed by atoms with Crippen LogP contribution in [0.1, 0.15) is 23.2 Å². The highest BCUT2D eigenvalue weighted by atomic mass is 16.6. The number of carbonyl (C=O) groups excluding carboxylic acids is 1. The molecule has 3 heterocycles. The molecule has 2 aliphatic rings. The van der Waals surface area contributed by atoms with E-state index in [0.29, 0.717) is 18.8 Å². The first-order valence-corrected chi connectivity index (χ1v) is 8.20. The van der Waals surface area contributed by atoms with Gasteiger partial charge in [0.25, 0.3) is 5.91 Å². The topological polar surface area (TPSA) is 63.7 Å². The van der Waals surface area contributed by atoms with E-state index in [4.69, 9.17) is 9.47 Å². The number of likely N-dealkylation sites (tertiary alicyclic amines) is 1. The van der Waals surface area contributed by atoms with Crippen LogP contribution in [-0.2, 0) is 0 Å². The lowest BCUT2D eigenvalue weighted by atomic mass is 10.2. The van der Waals surface area contributed by atoms with Crippen LogP contribution >= 0.6 is 0 Å². The molecule has 0 unspecified atom stereocenters. The summed E-state index contributed by atoms with van der Waals surface area (Å²) in [6.07, 6.45) is 5.48. The van der Waals surface area contributed by atoms with E-state index in [9.17, 15) is 4.79 Å². The van der Waals surface area contributed by atoms with Crippen LogP contribution in [0, 0.1) is 0 Å². The number of ether oxygens (including phenoxy) is 2. The molecule has 0 saturated carbocycles. The van der Waals surface area contributed by atoms with Gasteiger partial charge in [0.1, 0.15) is 13.2 Å². The van der Waals surface area contributed by atoms with Crippen molar-refractivity contribution in [3.05, 3.63) is 42.2 Å². The van der Waals surface area contributed by atoms with Crippen LogP contribution in [0.4, 0.5) is 11.4 Å². The van der Waals surface area contributed by atoms with Crippen molar-refractivity contribution >= 4 is 17.3 Å². The minimum Gasteiger partial charge on any atom is -0.486 e. The highest BCUT2D eigenvalue weighted by molar-refractivity contribution is 5.95. The number of anilines is 2. The smallest absolute Gasteiger partial charge is 0.255 e. The van der Waals surface area contributed by atoms with Gasteiger partial charge in [-0.2, -0.15) is 0 Å². The molecule has 24 heavy (non-hydrogen) atoms. The van der Waals surface area contributed by atoms with Crippen molar-refractivity contribution < 1.29 is 14.3 Å². The molecule has 1 aromatic heterocycles. The second kappa shape index (κ2) is 6.39. The third-order valence-electron chi connectivity index (χ3n) is 4.21. The SMILES string of the molecule is O=C(c1cncc(Nc2ccc3c(c2)OCCO3)c1)N1CCCC1. The Balaban J connectivity index is 1.52. The summed E-state index contributed by atoms with van der Waals surface area (Å²) >= 11 is 0. The van der Waals surface area contributed by atoms with Crippen LogP contribution in [0.15, 0.2) is 36.7 Å². The van der Waals surface area contributed by atoms with Gasteiger partial charge in [0.15, 0.2) is 11.5 Å². The van der Waals surface area contributed by atoms with Crippen LogP contribution in [-0.4, -0.2) is 42.1 Å². The normalized spacial score (nSPS) is 16.1. The molecular weight excluding hydrogens is 306 g/mol. The van der Waals surface area contributed by atoms with Crippen LogP contribution in [0.2, 0.25) is 0 Å². The van der Waals surface area contributed by atoms with Gasteiger partial charge in [-0.25, -0.2) is 0 Å². The minimum atomic E-state index is 0.0471. The number of fused-ring (bicyclic) bond motifs is 1. The summed E-state index contributed by atoms with van der Waals surface area (Å²) in [5.41, 5.74) is 2.25. The van der Waals surface area contributed by atoms with E-state index in [0.717, 1.165) is 48.8 Å². The molecule has 1 aromatic carbocycles. The molecule has 6 nitrogen and oxygen atoms in total. The Hall–Kier alpha value is -2.76. The zero-order valence-corrected chi connectivity index (χ0v) is 13.3. The molecule has 1 saturated heterocycles. The lowest BCUT2D eigenvalue weighted by Crippen LogP contribution is -2.27. The molecule has 0 aliphatic carbocycles. The number of carbonyl (C=O) groups is 1. The Morgan fingerprint density at radius 1 is 1.00 bits per heavy atom. The fourth-order valence-corrected chi connectivity index (χ4v) is 3.02. The molecule has 1 N–H and O–H groups in total. The van der Waals surface area contributed by atoms with Crippen molar-refractivity contribution in [2.45, 2.75) is 12.8 Å². The van der Waals surface area contributed by atoms with Gasteiger partial charge in [0.2, 0.25) is 0 Å². The number of pyridine rings is 1. The molecule has 124 valence electrons. The van der Waals surface area contributed by atoms with Crippen molar-refractivity contribution in [1.82, 2.24) is 9.88 Å². The Bertz CT molecular complexity index is 757. The van der Waals surface area contributed by atoms with Crippen LogP contribution < -0.4 is 14.8 Å². The number of aromatic nitrogens is 1. The maximum Gasteiger partial charge on any atom is 0.255 e. The van der Waals surface area contributed by atoms with E-state index in [1.807, 2.05) is 29.2 Å². The Morgan fingerprint density at radius 2 is 1.79 bits per heavy atom. The molecule has 0 atom stereocenters. The molecular formula is C18H19N3O3. The third kappa shape index (κ3) is 2.99. The molecule has 2 aromatic rings. The van der Waals surface area contributed by atoms with E-state index in [1.165, 1.54) is 0 Å². The van der Waals surface area contributed by atoms with Gasteiger partial charge in [-0.1, -0.05) is 0 Å². The third-order valence-corrected chi connectivity index (χ3v) is 4.21. The molecule has 2 aliphatic heterocycles. The summed E-state index contributed by atoms with van der Waals surface area (Å²) in [7, 11) is 0. The number of nitrogens with zero attached hydrogens (tertiary/aromatic N) is 2. The average Bonchev–Trinajstić information content (AvgIpc) is 3.16. The predicted molar refractivity (Wildman–Crippen MR) is 90.1 cm³/mol. The second-order valence-electron chi connectivity index (χ2n) is 5.95. The van der Waals surface area contributed by atoms with Crippen molar-refractivity contribution in [3.8, 4) is 11.5 Å². The van der Waals surface area contributed by atoms with E-state index in [1.54, 1.807) is 12.4 Å². The molecule has 0 bridgehead atoms. The quantitative estimate of drug-likeness (QED) is 0.940. The van der Waals surface area contributed by atoms with E-state index in [2.05, 4.69) is 10.3 Å². The maximum absolute atomic E-state index is 12.5. The Kier molecular flexibility index (Phi) is 3.94. The highest BCUT2D eigenvalue weighted by Gasteiger charge is 2.20. The predicted octanol–water partition coefficient (Wildman–Crippen LogP) is 2.83. The standard InChI is InChI=1S/C18H19N3O3/c22-18(21-5-1-2-6-21)13-9-15(12-19-11-13)20-14-3-4-16-17(10-14)24-8-7-23-16/h3-4,9-12,20H,1-2,5-8H2. The zero-order valence-electron chi connectivity index (χ0n) is 13.3. The molecule has 1 amide bonds. The largest absolute Gasteiger partial charge is 0.486 e. The average molecular weight is 325 g/mol. The lowest BCUT2D eigenvalue weighted by molar-refractivity contribution is 0.0792. The van der Waals surface area contributed by atoms with E-state index < -0.39 is 0 Å². The number of benzene rings is 1. The van der Waals surface area contributed by atoms with Crippen molar-refractivity contribution in [3.63, 3.8) is 0 Å². The maximum atomic E-state index is 12.5. The molecule has 0 spiro atoms. The monoisotopic (exact) mass is 325 g/mol. The highest BCUT2D eigenvalue weighted by Crippen LogP contribution is 2.33. The summed E-state index contributed by atoms with van der Waals surface area (Å²) in [4.78, 5) is 18.5. The van der Waals surface area contributed by atoms with Gasteiger partial charge < -0.3 is 19.7 Å². The summed E-state index contributed by atoms with van der Waals surface area (Å²) in [6, 6.07) is 7.53. The minimum absolute atomic E-state index is 0.0471. The fraction of sp³-hybridized carbons (Fsp3) is 0.333. The molecule has 6 heteroatoms. The fourth-order valence-electron chi connectivity index (χ4n) is 3.02. The lowest BCUT2D eigenvalue weighted by Gasteiger charge is -2.19. The number of amides is 1. The van der Waals surface area contributed by atoms with Crippen LogP contribution in [0.25, 0.3) is 0 Å². The first-order chi connectivity index (χ1) is 11.8. The van der Waals surface area contributed by atoms with Crippen LogP contribution in [0.5, 0.6) is 11.5 Å². The Morgan fingerprint density at radius 3 is 2.62 bits per heavy atom. The first kappa shape index (κ1) is 14.8. The van der Waals surface area contributed by atoms with Gasteiger partial charge in [0, 0.05) is 31.0 Å². The summed E-state index contributed by atoms with van der Waals surface area (Å²) in [5, 5.41) is 3.27. The van der Waals surface area contributed by atoms with E-state index in [-0.39, 0.29) is 5.91 Å². The summed E-state index contributed by atoms with van der Waals surface area (Å²) < 4.78 is 11.1. The number of nitrogens with one attached hydrogen (secondary N) is 1.